The molecule has 7 nitrogen and oxygen atoms in total. The van der Waals surface area contributed by atoms with E-state index in [1.165, 1.54) is 12.1 Å². The fraction of sp³-hybridized carbons (Fsp3) is 0.500. The molecule has 0 saturated heterocycles. The third kappa shape index (κ3) is 2.97. The van der Waals surface area contributed by atoms with Gasteiger partial charge < -0.3 is 5.73 Å². The van der Waals surface area contributed by atoms with Crippen LogP contribution in [-0.2, 0) is 10.0 Å². The van der Waals surface area contributed by atoms with Crippen molar-refractivity contribution >= 4 is 15.7 Å². The molecule has 0 spiro atoms. The van der Waals surface area contributed by atoms with E-state index in [9.17, 15) is 18.5 Å². The van der Waals surface area contributed by atoms with Crippen molar-refractivity contribution in [1.29, 1.82) is 0 Å². The van der Waals surface area contributed by atoms with Gasteiger partial charge in [-0.3, -0.25) is 10.1 Å². The summed E-state index contributed by atoms with van der Waals surface area (Å²) in [6.07, 6.45) is 2.34. The standard InChI is InChI=1S/C12H17N3O4S/c1-8-5-6-9(15(16)17)7-12(8)20(18,19)14-11-4-2-3-10(11)13/h5-7,10-11,14H,2-4,13H2,1H3. The van der Waals surface area contributed by atoms with Crippen LogP contribution in [0.2, 0.25) is 0 Å². The van der Waals surface area contributed by atoms with Crippen LogP contribution < -0.4 is 10.5 Å². The van der Waals surface area contributed by atoms with Gasteiger partial charge in [-0.15, -0.1) is 0 Å². The monoisotopic (exact) mass is 299 g/mol. The Morgan fingerprint density at radius 3 is 2.65 bits per heavy atom. The topological polar surface area (TPSA) is 115 Å². The van der Waals surface area contributed by atoms with Crippen LogP contribution in [0.3, 0.4) is 0 Å². The molecule has 2 rings (SSSR count). The molecule has 0 amide bonds. The molecule has 0 aliphatic heterocycles. The molecule has 1 saturated carbocycles. The number of hydrogen-bond donors (Lipinski definition) is 2. The van der Waals surface area contributed by atoms with Crippen LogP contribution in [0.25, 0.3) is 0 Å². The minimum absolute atomic E-state index is 0.0641. The first-order valence-corrected chi connectivity index (χ1v) is 7.82. The zero-order chi connectivity index (χ0) is 14.9. The molecule has 1 aromatic carbocycles. The van der Waals surface area contributed by atoms with Crippen LogP contribution in [-0.4, -0.2) is 25.4 Å². The van der Waals surface area contributed by atoms with Crippen molar-refractivity contribution < 1.29 is 13.3 Å². The summed E-state index contributed by atoms with van der Waals surface area (Å²) in [5, 5.41) is 10.8. The average molecular weight is 299 g/mol. The second-order valence-corrected chi connectivity index (χ2v) is 6.71. The molecule has 2 atom stereocenters. The van der Waals surface area contributed by atoms with Crippen molar-refractivity contribution in [3.05, 3.63) is 33.9 Å². The van der Waals surface area contributed by atoms with Gasteiger partial charge in [-0.2, -0.15) is 0 Å². The number of hydrogen-bond acceptors (Lipinski definition) is 5. The van der Waals surface area contributed by atoms with Crippen molar-refractivity contribution in [2.24, 2.45) is 5.73 Å². The van der Waals surface area contributed by atoms with Crippen LogP contribution in [0.5, 0.6) is 0 Å². The van der Waals surface area contributed by atoms with Gasteiger partial charge in [0.1, 0.15) is 0 Å². The van der Waals surface area contributed by atoms with Crippen LogP contribution >= 0.6 is 0 Å². The lowest BCUT2D eigenvalue weighted by molar-refractivity contribution is -0.385. The number of nitrogens with two attached hydrogens (primary N) is 1. The van der Waals surface area contributed by atoms with E-state index in [1.54, 1.807) is 6.92 Å². The fourth-order valence-electron chi connectivity index (χ4n) is 2.39. The van der Waals surface area contributed by atoms with Gasteiger partial charge in [-0.05, 0) is 25.3 Å². The van der Waals surface area contributed by atoms with Gasteiger partial charge in [-0.1, -0.05) is 12.5 Å². The number of non-ortho nitro benzene ring substituents is 1. The summed E-state index contributed by atoms with van der Waals surface area (Å²) < 4.78 is 27.2. The molecule has 0 radical (unpaired) electrons. The number of aryl methyl sites for hydroxylation is 1. The molecule has 20 heavy (non-hydrogen) atoms. The number of rotatable bonds is 4. The van der Waals surface area contributed by atoms with Crippen LogP contribution in [0.15, 0.2) is 23.1 Å². The highest BCUT2D eigenvalue weighted by molar-refractivity contribution is 7.89. The summed E-state index contributed by atoms with van der Waals surface area (Å²) in [5.74, 6) is 0. The third-order valence-corrected chi connectivity index (χ3v) is 5.18. The summed E-state index contributed by atoms with van der Waals surface area (Å²) in [6.45, 7) is 1.60. The van der Waals surface area contributed by atoms with E-state index >= 15 is 0 Å². The average Bonchev–Trinajstić information content (AvgIpc) is 2.74. The molecule has 0 bridgehead atoms. The van der Waals surface area contributed by atoms with Gasteiger partial charge in [0.2, 0.25) is 10.0 Å². The summed E-state index contributed by atoms with van der Waals surface area (Å²) in [6, 6.07) is 3.29. The summed E-state index contributed by atoms with van der Waals surface area (Å²) in [4.78, 5) is 10.1. The zero-order valence-electron chi connectivity index (χ0n) is 11.1. The molecule has 3 N–H and O–H groups in total. The Labute approximate surface area is 117 Å². The lowest BCUT2D eigenvalue weighted by Gasteiger charge is -2.18. The van der Waals surface area contributed by atoms with E-state index in [0.717, 1.165) is 18.9 Å². The van der Waals surface area contributed by atoms with E-state index in [4.69, 9.17) is 5.73 Å². The molecular weight excluding hydrogens is 282 g/mol. The van der Waals surface area contributed by atoms with Gasteiger partial charge in [0.15, 0.2) is 0 Å². The smallest absolute Gasteiger partial charge is 0.270 e. The quantitative estimate of drug-likeness (QED) is 0.637. The Hall–Kier alpha value is -1.51. The van der Waals surface area contributed by atoms with Crippen LogP contribution in [0.1, 0.15) is 24.8 Å². The first-order chi connectivity index (χ1) is 9.31. The highest BCUT2D eigenvalue weighted by atomic mass is 32.2. The zero-order valence-corrected chi connectivity index (χ0v) is 11.9. The predicted octanol–water partition coefficient (Wildman–Crippen LogP) is 1.06. The number of nitro groups is 1. The lowest BCUT2D eigenvalue weighted by atomic mass is 10.2. The second-order valence-electron chi connectivity index (χ2n) is 5.03. The molecule has 0 heterocycles. The van der Waals surface area contributed by atoms with E-state index < -0.39 is 14.9 Å². The molecule has 2 unspecified atom stereocenters. The van der Waals surface area contributed by atoms with Crippen molar-refractivity contribution in [2.75, 3.05) is 0 Å². The van der Waals surface area contributed by atoms with E-state index in [2.05, 4.69) is 4.72 Å². The molecule has 1 aliphatic rings. The number of benzene rings is 1. The van der Waals surface area contributed by atoms with Crippen molar-refractivity contribution in [1.82, 2.24) is 4.72 Å². The first kappa shape index (κ1) is 14.9. The summed E-state index contributed by atoms with van der Waals surface area (Å²) in [7, 11) is -3.80. The highest BCUT2D eigenvalue weighted by Gasteiger charge is 2.30. The Bertz CT molecular complexity index is 630. The minimum Gasteiger partial charge on any atom is -0.326 e. The van der Waals surface area contributed by atoms with E-state index in [-0.39, 0.29) is 22.7 Å². The van der Waals surface area contributed by atoms with Crippen LogP contribution in [0.4, 0.5) is 5.69 Å². The number of nitrogens with zero attached hydrogens (tertiary/aromatic N) is 1. The maximum absolute atomic E-state index is 12.3. The van der Waals surface area contributed by atoms with Crippen molar-refractivity contribution in [2.45, 2.75) is 43.2 Å². The second kappa shape index (κ2) is 5.47. The predicted molar refractivity (Wildman–Crippen MR) is 73.8 cm³/mol. The highest BCUT2D eigenvalue weighted by Crippen LogP contribution is 2.24. The lowest BCUT2D eigenvalue weighted by Crippen LogP contribution is -2.44. The van der Waals surface area contributed by atoms with Gasteiger partial charge >= 0.3 is 0 Å². The van der Waals surface area contributed by atoms with Crippen molar-refractivity contribution in [3.8, 4) is 0 Å². The van der Waals surface area contributed by atoms with Crippen LogP contribution in [0, 0.1) is 17.0 Å². The van der Waals surface area contributed by atoms with Gasteiger partial charge in [-0.25, -0.2) is 13.1 Å². The molecule has 110 valence electrons. The van der Waals surface area contributed by atoms with Crippen molar-refractivity contribution in [3.63, 3.8) is 0 Å². The van der Waals surface area contributed by atoms with E-state index in [0.29, 0.717) is 12.0 Å². The molecule has 8 heteroatoms. The normalized spacial score (nSPS) is 22.9. The molecular formula is C12H17N3O4S. The SMILES string of the molecule is Cc1ccc([N+](=O)[O-])cc1S(=O)(=O)NC1CCCC1N. The van der Waals surface area contributed by atoms with Gasteiger partial charge in [0.25, 0.3) is 5.69 Å². The van der Waals surface area contributed by atoms with Gasteiger partial charge in [0, 0.05) is 24.2 Å². The Morgan fingerprint density at radius 1 is 1.40 bits per heavy atom. The summed E-state index contributed by atoms with van der Waals surface area (Å²) in [5.41, 5.74) is 6.07. The maximum atomic E-state index is 12.3. The number of nitro benzene ring substituents is 1. The number of sulfonamides is 1. The summed E-state index contributed by atoms with van der Waals surface area (Å²) >= 11 is 0. The minimum atomic E-state index is -3.80. The molecule has 1 aliphatic carbocycles. The molecule has 0 aromatic heterocycles. The molecule has 1 fully saturated rings. The largest absolute Gasteiger partial charge is 0.326 e. The molecule has 1 aromatic rings. The third-order valence-electron chi connectivity index (χ3n) is 3.55. The Balaban J connectivity index is 2.33. The Morgan fingerprint density at radius 2 is 2.10 bits per heavy atom. The van der Waals surface area contributed by atoms with E-state index in [1.807, 2.05) is 0 Å². The fourth-order valence-corrected chi connectivity index (χ4v) is 3.98. The Kier molecular flexibility index (Phi) is 4.07. The first-order valence-electron chi connectivity index (χ1n) is 6.34. The maximum Gasteiger partial charge on any atom is 0.270 e. The van der Waals surface area contributed by atoms with Gasteiger partial charge in [0.05, 0.1) is 9.82 Å². The number of nitrogens with one attached hydrogen (secondary N) is 1.